The van der Waals surface area contributed by atoms with E-state index in [-0.39, 0.29) is 12.1 Å². The van der Waals surface area contributed by atoms with Crippen molar-refractivity contribution in [3.63, 3.8) is 0 Å². The minimum atomic E-state index is -0.431. The van der Waals surface area contributed by atoms with Crippen molar-refractivity contribution in [1.29, 1.82) is 0 Å². The third-order valence-corrected chi connectivity index (χ3v) is 4.92. The Bertz CT molecular complexity index is 390. The fraction of sp³-hybridized carbons (Fsp3) is 0.944. The summed E-state index contributed by atoms with van der Waals surface area (Å²) in [6, 6.07) is 2.10. The lowest BCUT2D eigenvalue weighted by molar-refractivity contribution is 0.0488. The second kappa shape index (κ2) is 7.84. The van der Waals surface area contributed by atoms with Gasteiger partial charge in [0.2, 0.25) is 0 Å². The fourth-order valence-corrected chi connectivity index (χ4v) is 3.30. The lowest BCUT2D eigenvalue weighted by atomic mass is 9.91. The molecule has 2 saturated carbocycles. The Morgan fingerprint density at radius 2 is 1.87 bits per heavy atom. The maximum Gasteiger partial charge on any atom is 0.407 e. The van der Waals surface area contributed by atoms with Crippen LogP contribution in [0.1, 0.15) is 66.2 Å². The number of hydrogen-bond acceptors (Lipinski definition) is 4. The van der Waals surface area contributed by atoms with Crippen molar-refractivity contribution in [2.45, 2.75) is 96.0 Å². The first kappa shape index (κ1) is 18.5. The quantitative estimate of drug-likeness (QED) is 0.788. The monoisotopic (exact) mass is 325 g/mol. The molecule has 2 fully saturated rings. The molecule has 1 amide bonds. The van der Waals surface area contributed by atoms with Gasteiger partial charge in [-0.3, -0.25) is 4.90 Å². The number of carbonyl (C=O) groups excluding carboxylic acids is 1. The Kier molecular flexibility index (Phi) is 6.32. The van der Waals surface area contributed by atoms with Crippen LogP contribution < -0.4 is 10.6 Å². The van der Waals surface area contributed by atoms with Crippen molar-refractivity contribution in [3.8, 4) is 0 Å². The highest BCUT2D eigenvalue weighted by Crippen LogP contribution is 2.27. The van der Waals surface area contributed by atoms with E-state index in [1.165, 1.54) is 19.3 Å². The molecule has 3 atom stereocenters. The highest BCUT2D eigenvalue weighted by Gasteiger charge is 2.30. The summed E-state index contributed by atoms with van der Waals surface area (Å²) >= 11 is 0. The summed E-state index contributed by atoms with van der Waals surface area (Å²) in [6.45, 7) is 9.02. The van der Waals surface area contributed by atoms with Gasteiger partial charge in [0.05, 0.1) is 0 Å². The van der Waals surface area contributed by atoms with E-state index in [1.807, 2.05) is 20.8 Å². The highest BCUT2D eigenvalue weighted by molar-refractivity contribution is 5.68. The summed E-state index contributed by atoms with van der Waals surface area (Å²) < 4.78 is 5.36. The average Bonchev–Trinajstić information content (AvgIpc) is 3.26. The number of alkyl carbamates (subject to hydrolysis) is 1. The molecule has 2 rings (SSSR count). The molecular formula is C18H35N3O2. The van der Waals surface area contributed by atoms with E-state index in [2.05, 4.69) is 29.5 Å². The van der Waals surface area contributed by atoms with Gasteiger partial charge in [0, 0.05) is 30.7 Å². The van der Waals surface area contributed by atoms with E-state index in [4.69, 9.17) is 4.74 Å². The molecule has 5 nitrogen and oxygen atoms in total. The number of hydrogen-bond donors (Lipinski definition) is 2. The zero-order valence-electron chi connectivity index (χ0n) is 15.5. The fourth-order valence-electron chi connectivity index (χ4n) is 3.30. The van der Waals surface area contributed by atoms with Crippen LogP contribution in [0.3, 0.4) is 0 Å². The molecule has 0 bridgehead atoms. The standard InChI is InChI=1S/C18H35N3O2/c1-13(21(5)16-9-10-16)12-19-14-7-6-8-15(11-14)20-17(22)23-18(2,3)4/h13-16,19H,6-12H2,1-5H3,(H,20,22). The van der Waals surface area contributed by atoms with Crippen LogP contribution in [0.25, 0.3) is 0 Å². The second-order valence-corrected chi connectivity index (χ2v) is 8.36. The molecule has 0 radical (unpaired) electrons. The molecule has 2 aliphatic carbocycles. The number of nitrogens with one attached hydrogen (secondary N) is 2. The molecule has 0 heterocycles. The van der Waals surface area contributed by atoms with Crippen LogP contribution in [0.2, 0.25) is 0 Å². The lowest BCUT2D eigenvalue weighted by Crippen LogP contribution is -2.48. The number of ether oxygens (including phenoxy) is 1. The molecule has 23 heavy (non-hydrogen) atoms. The summed E-state index contributed by atoms with van der Waals surface area (Å²) in [5, 5.41) is 6.74. The topological polar surface area (TPSA) is 53.6 Å². The molecule has 134 valence electrons. The van der Waals surface area contributed by atoms with Gasteiger partial charge >= 0.3 is 6.09 Å². The van der Waals surface area contributed by atoms with E-state index in [9.17, 15) is 4.79 Å². The van der Waals surface area contributed by atoms with Gasteiger partial charge in [-0.2, -0.15) is 0 Å². The van der Waals surface area contributed by atoms with Crippen LogP contribution in [0.5, 0.6) is 0 Å². The van der Waals surface area contributed by atoms with E-state index in [1.54, 1.807) is 0 Å². The molecule has 0 aromatic rings. The average molecular weight is 325 g/mol. The van der Waals surface area contributed by atoms with Gasteiger partial charge in [-0.15, -0.1) is 0 Å². The van der Waals surface area contributed by atoms with Gasteiger partial charge in [-0.1, -0.05) is 0 Å². The number of carbonyl (C=O) groups is 1. The first-order chi connectivity index (χ1) is 10.7. The van der Waals surface area contributed by atoms with E-state index in [0.29, 0.717) is 12.1 Å². The van der Waals surface area contributed by atoms with Gasteiger partial charge in [-0.05, 0) is 73.3 Å². The van der Waals surface area contributed by atoms with E-state index >= 15 is 0 Å². The minimum Gasteiger partial charge on any atom is -0.444 e. The van der Waals surface area contributed by atoms with Crippen molar-refractivity contribution >= 4 is 6.09 Å². The van der Waals surface area contributed by atoms with Crippen molar-refractivity contribution in [2.75, 3.05) is 13.6 Å². The SMILES string of the molecule is CC(CNC1CCCC(NC(=O)OC(C)(C)C)C1)N(C)C1CC1. The summed E-state index contributed by atoms with van der Waals surface area (Å²) in [6.07, 6.45) is 6.83. The molecule has 0 aromatic heterocycles. The van der Waals surface area contributed by atoms with Gasteiger partial charge in [-0.25, -0.2) is 4.79 Å². The number of amides is 1. The first-order valence-corrected chi connectivity index (χ1v) is 9.19. The van der Waals surface area contributed by atoms with Crippen LogP contribution in [-0.4, -0.2) is 54.4 Å². The summed E-state index contributed by atoms with van der Waals surface area (Å²) in [7, 11) is 2.23. The molecule has 2 N–H and O–H groups in total. The van der Waals surface area contributed by atoms with Crippen LogP contribution in [0.4, 0.5) is 4.79 Å². The Morgan fingerprint density at radius 1 is 1.22 bits per heavy atom. The van der Waals surface area contributed by atoms with Crippen molar-refractivity contribution in [1.82, 2.24) is 15.5 Å². The van der Waals surface area contributed by atoms with Crippen LogP contribution in [0, 0.1) is 0 Å². The van der Waals surface area contributed by atoms with Crippen LogP contribution in [-0.2, 0) is 4.74 Å². The van der Waals surface area contributed by atoms with Crippen molar-refractivity contribution in [2.24, 2.45) is 0 Å². The summed E-state index contributed by atoms with van der Waals surface area (Å²) in [5.41, 5.74) is -0.431. The Morgan fingerprint density at radius 3 is 2.48 bits per heavy atom. The van der Waals surface area contributed by atoms with Crippen LogP contribution in [0.15, 0.2) is 0 Å². The predicted molar refractivity (Wildman–Crippen MR) is 93.7 cm³/mol. The normalized spacial score (nSPS) is 26.9. The zero-order chi connectivity index (χ0) is 17.0. The summed E-state index contributed by atoms with van der Waals surface area (Å²) in [5.74, 6) is 0. The number of rotatable bonds is 6. The third-order valence-electron chi connectivity index (χ3n) is 4.92. The lowest BCUT2D eigenvalue weighted by Gasteiger charge is -2.33. The number of likely N-dealkylation sites (N-methyl/N-ethyl adjacent to an activating group) is 1. The molecule has 3 unspecified atom stereocenters. The Labute approximate surface area is 141 Å². The maximum atomic E-state index is 11.9. The van der Waals surface area contributed by atoms with E-state index in [0.717, 1.165) is 31.8 Å². The Hall–Kier alpha value is -0.810. The zero-order valence-corrected chi connectivity index (χ0v) is 15.5. The molecular weight excluding hydrogens is 290 g/mol. The second-order valence-electron chi connectivity index (χ2n) is 8.36. The highest BCUT2D eigenvalue weighted by atomic mass is 16.6. The summed E-state index contributed by atoms with van der Waals surface area (Å²) in [4.78, 5) is 14.4. The minimum absolute atomic E-state index is 0.229. The molecule has 0 saturated heterocycles. The third kappa shape index (κ3) is 6.68. The number of nitrogens with zero attached hydrogens (tertiary/aromatic N) is 1. The Balaban J connectivity index is 1.69. The molecule has 0 aromatic carbocycles. The van der Waals surface area contributed by atoms with Crippen molar-refractivity contribution < 1.29 is 9.53 Å². The maximum absolute atomic E-state index is 11.9. The predicted octanol–water partition coefficient (Wildman–Crippen LogP) is 2.89. The van der Waals surface area contributed by atoms with Crippen LogP contribution >= 0.6 is 0 Å². The van der Waals surface area contributed by atoms with Gasteiger partial charge in [0.1, 0.15) is 5.60 Å². The smallest absolute Gasteiger partial charge is 0.407 e. The van der Waals surface area contributed by atoms with E-state index < -0.39 is 5.60 Å². The van der Waals surface area contributed by atoms with Gasteiger partial charge in [0.25, 0.3) is 0 Å². The molecule has 0 spiro atoms. The largest absolute Gasteiger partial charge is 0.444 e. The molecule has 2 aliphatic rings. The molecule has 5 heteroatoms. The molecule has 0 aliphatic heterocycles. The first-order valence-electron chi connectivity index (χ1n) is 9.19. The van der Waals surface area contributed by atoms with Gasteiger partial charge < -0.3 is 15.4 Å². The van der Waals surface area contributed by atoms with Gasteiger partial charge in [0.15, 0.2) is 0 Å². The van der Waals surface area contributed by atoms with Crippen molar-refractivity contribution in [3.05, 3.63) is 0 Å².